The highest BCUT2D eigenvalue weighted by molar-refractivity contribution is 6.91. The van der Waals surface area contributed by atoms with E-state index in [4.69, 9.17) is 0 Å². The summed E-state index contributed by atoms with van der Waals surface area (Å²) in [6.45, 7) is 7.09. The molecule has 0 spiro atoms. The fourth-order valence-corrected chi connectivity index (χ4v) is 4.85. The summed E-state index contributed by atoms with van der Waals surface area (Å²) in [6.07, 6.45) is 7.04. The molecule has 0 amide bonds. The lowest BCUT2D eigenvalue weighted by Gasteiger charge is -2.27. The van der Waals surface area contributed by atoms with Crippen molar-refractivity contribution in [2.24, 2.45) is 0 Å². The van der Waals surface area contributed by atoms with Gasteiger partial charge in [-0.1, -0.05) is 72.4 Å². The lowest BCUT2D eigenvalue weighted by atomic mass is 10.3. The van der Waals surface area contributed by atoms with Crippen molar-refractivity contribution in [2.75, 3.05) is 0 Å². The molecule has 1 unspecified atom stereocenters. The van der Waals surface area contributed by atoms with Gasteiger partial charge in [0, 0.05) is 0 Å². The molecule has 78 valence electrons. The van der Waals surface area contributed by atoms with E-state index in [-0.39, 0.29) is 0 Å². The zero-order valence-electron chi connectivity index (χ0n) is 9.70. The van der Waals surface area contributed by atoms with Crippen molar-refractivity contribution < 1.29 is 0 Å². The quantitative estimate of drug-likeness (QED) is 0.661. The molecule has 0 saturated carbocycles. The van der Waals surface area contributed by atoms with E-state index < -0.39 is 8.07 Å². The zero-order valence-corrected chi connectivity index (χ0v) is 10.7. The molecule has 0 fully saturated rings. The molecule has 0 bridgehead atoms. The summed E-state index contributed by atoms with van der Waals surface area (Å²) in [5.41, 5.74) is 2.08. The van der Waals surface area contributed by atoms with Crippen LogP contribution >= 0.6 is 0 Å². The first-order valence-corrected chi connectivity index (χ1v) is 8.60. The molecule has 0 N–H and O–H groups in total. The largest absolute Gasteiger partial charge is 0.0911 e. The van der Waals surface area contributed by atoms with E-state index in [9.17, 15) is 0 Å². The Labute approximate surface area is 93.3 Å². The minimum Gasteiger partial charge on any atom is -0.0797 e. The van der Waals surface area contributed by atoms with Crippen molar-refractivity contribution >= 4 is 13.3 Å². The Morgan fingerprint density at radius 2 is 1.73 bits per heavy atom. The normalized spacial score (nSPS) is 20.5. The molecule has 1 aliphatic rings. The zero-order chi connectivity index (χ0) is 10.9. The molecule has 0 heterocycles. The highest BCUT2D eigenvalue weighted by Crippen LogP contribution is 2.30. The molecular formula is C14H18Si. The molecule has 1 heteroatoms. The summed E-state index contributed by atoms with van der Waals surface area (Å²) in [6, 6.07) is 11.0. The highest BCUT2D eigenvalue weighted by atomic mass is 28.3. The SMILES string of the molecule is CC1=CC([Si](C)(C)c2ccccc2)C=C1. The third kappa shape index (κ3) is 1.98. The van der Waals surface area contributed by atoms with E-state index in [0.29, 0.717) is 5.54 Å². The molecular weight excluding hydrogens is 196 g/mol. The van der Waals surface area contributed by atoms with Gasteiger partial charge in [0.15, 0.2) is 0 Å². The van der Waals surface area contributed by atoms with E-state index in [1.807, 2.05) is 0 Å². The Hall–Kier alpha value is -1.08. The molecule has 0 nitrogen and oxygen atoms in total. The molecule has 1 aliphatic carbocycles. The van der Waals surface area contributed by atoms with Gasteiger partial charge >= 0.3 is 0 Å². The number of benzene rings is 1. The first-order valence-electron chi connectivity index (χ1n) is 5.53. The summed E-state index contributed by atoms with van der Waals surface area (Å²) in [5, 5.41) is 1.55. The standard InChI is InChI=1S/C14H18Si/c1-12-9-10-14(11-12)15(2,3)13-7-5-4-6-8-13/h4-11,14H,1-3H3. The Morgan fingerprint density at radius 3 is 2.27 bits per heavy atom. The minimum absolute atomic E-state index is 0.667. The molecule has 0 aliphatic heterocycles. The molecule has 1 aromatic carbocycles. The molecule has 0 aromatic heterocycles. The van der Waals surface area contributed by atoms with Crippen molar-refractivity contribution in [1.82, 2.24) is 0 Å². The Balaban J connectivity index is 2.32. The van der Waals surface area contributed by atoms with Gasteiger partial charge in [-0.25, -0.2) is 0 Å². The van der Waals surface area contributed by atoms with Crippen LogP contribution in [-0.4, -0.2) is 8.07 Å². The van der Waals surface area contributed by atoms with Gasteiger partial charge in [-0.15, -0.1) is 0 Å². The predicted octanol–water partition coefficient (Wildman–Crippen LogP) is 3.49. The Kier molecular flexibility index (Phi) is 2.66. The first kappa shape index (κ1) is 10.4. The average Bonchev–Trinajstić information content (AvgIpc) is 2.67. The smallest absolute Gasteiger partial charge is 0.0797 e. The number of hydrogen-bond acceptors (Lipinski definition) is 0. The molecule has 0 saturated heterocycles. The summed E-state index contributed by atoms with van der Waals surface area (Å²) >= 11 is 0. The van der Waals surface area contributed by atoms with Crippen LogP contribution in [0.4, 0.5) is 0 Å². The van der Waals surface area contributed by atoms with Crippen LogP contribution in [0.15, 0.2) is 54.1 Å². The van der Waals surface area contributed by atoms with Crippen LogP contribution in [0.25, 0.3) is 0 Å². The summed E-state index contributed by atoms with van der Waals surface area (Å²) in [4.78, 5) is 0. The fraction of sp³-hybridized carbons (Fsp3) is 0.286. The van der Waals surface area contributed by atoms with Gasteiger partial charge < -0.3 is 0 Å². The van der Waals surface area contributed by atoms with Crippen LogP contribution in [0.5, 0.6) is 0 Å². The fourth-order valence-electron chi connectivity index (χ4n) is 2.16. The summed E-state index contributed by atoms with van der Waals surface area (Å²) in [5.74, 6) is 0. The lowest BCUT2D eigenvalue weighted by Crippen LogP contribution is -2.44. The van der Waals surface area contributed by atoms with Crippen molar-refractivity contribution in [2.45, 2.75) is 25.6 Å². The number of hydrogen-bond donors (Lipinski definition) is 0. The van der Waals surface area contributed by atoms with E-state index in [0.717, 1.165) is 0 Å². The maximum atomic E-state index is 2.45. The molecule has 1 aromatic rings. The van der Waals surface area contributed by atoms with Crippen LogP contribution in [0.3, 0.4) is 0 Å². The second kappa shape index (κ2) is 3.82. The third-order valence-electron chi connectivity index (χ3n) is 3.36. The summed E-state index contributed by atoms with van der Waals surface area (Å²) in [7, 11) is -1.35. The second-order valence-corrected chi connectivity index (χ2v) is 9.57. The van der Waals surface area contributed by atoms with Crippen molar-refractivity contribution in [3.63, 3.8) is 0 Å². The second-order valence-electron chi connectivity index (χ2n) is 4.88. The van der Waals surface area contributed by atoms with Gasteiger partial charge in [0.1, 0.15) is 0 Å². The summed E-state index contributed by atoms with van der Waals surface area (Å²) < 4.78 is 0. The van der Waals surface area contributed by atoms with Gasteiger partial charge in [0.2, 0.25) is 0 Å². The third-order valence-corrected chi connectivity index (χ3v) is 7.21. The van der Waals surface area contributed by atoms with Crippen molar-refractivity contribution in [3.05, 3.63) is 54.1 Å². The Bertz CT molecular complexity index is 399. The maximum absolute atomic E-state index is 2.45. The van der Waals surface area contributed by atoms with Gasteiger partial charge in [-0.3, -0.25) is 0 Å². The monoisotopic (exact) mass is 214 g/mol. The molecule has 2 rings (SSSR count). The Morgan fingerprint density at radius 1 is 1.07 bits per heavy atom. The number of allylic oxidation sites excluding steroid dienone is 4. The maximum Gasteiger partial charge on any atom is 0.0911 e. The van der Waals surface area contributed by atoms with E-state index in [1.54, 1.807) is 5.19 Å². The molecule has 15 heavy (non-hydrogen) atoms. The average molecular weight is 214 g/mol. The van der Waals surface area contributed by atoms with E-state index >= 15 is 0 Å². The van der Waals surface area contributed by atoms with Crippen LogP contribution in [0.1, 0.15) is 6.92 Å². The van der Waals surface area contributed by atoms with Crippen molar-refractivity contribution in [1.29, 1.82) is 0 Å². The van der Waals surface area contributed by atoms with E-state index in [1.165, 1.54) is 5.57 Å². The lowest BCUT2D eigenvalue weighted by molar-refractivity contribution is 1.30. The van der Waals surface area contributed by atoms with Crippen LogP contribution < -0.4 is 5.19 Å². The van der Waals surface area contributed by atoms with Crippen LogP contribution in [-0.2, 0) is 0 Å². The highest BCUT2D eigenvalue weighted by Gasteiger charge is 2.31. The van der Waals surface area contributed by atoms with Crippen LogP contribution in [0, 0.1) is 0 Å². The predicted molar refractivity (Wildman–Crippen MR) is 70.2 cm³/mol. The van der Waals surface area contributed by atoms with Crippen molar-refractivity contribution in [3.8, 4) is 0 Å². The van der Waals surface area contributed by atoms with Gasteiger partial charge in [0.25, 0.3) is 0 Å². The van der Waals surface area contributed by atoms with Gasteiger partial charge in [0.05, 0.1) is 8.07 Å². The molecule has 1 atom stereocenters. The number of rotatable bonds is 2. The van der Waals surface area contributed by atoms with Crippen LogP contribution in [0.2, 0.25) is 18.6 Å². The first-order chi connectivity index (χ1) is 7.10. The minimum atomic E-state index is -1.35. The van der Waals surface area contributed by atoms with Gasteiger partial charge in [-0.2, -0.15) is 0 Å². The van der Waals surface area contributed by atoms with E-state index in [2.05, 4.69) is 68.6 Å². The van der Waals surface area contributed by atoms with Gasteiger partial charge in [-0.05, 0) is 12.5 Å². The molecule has 0 radical (unpaired) electrons. The topological polar surface area (TPSA) is 0 Å².